The highest BCUT2D eigenvalue weighted by atomic mass is 32.1. The van der Waals surface area contributed by atoms with Gasteiger partial charge in [0.25, 0.3) is 5.91 Å². The van der Waals surface area contributed by atoms with Crippen molar-refractivity contribution >= 4 is 17.4 Å². The maximum Gasteiger partial charge on any atom is 0.267 e. The summed E-state index contributed by atoms with van der Waals surface area (Å²) in [5.41, 5.74) is 0.694. The van der Waals surface area contributed by atoms with Crippen LogP contribution in [-0.4, -0.2) is 43.6 Å². The number of carbonyl (C=O) groups excluding carboxylic acids is 1. The first-order valence-electron chi connectivity index (χ1n) is 7.95. The maximum atomic E-state index is 12.6. The zero-order valence-electron chi connectivity index (χ0n) is 13.7. The average molecular weight is 335 g/mol. The Hall–Kier alpha value is -1.83. The van der Waals surface area contributed by atoms with E-state index in [4.69, 9.17) is 4.52 Å². The van der Waals surface area contributed by atoms with Gasteiger partial charge in [-0.25, -0.2) is 0 Å². The Morgan fingerprint density at radius 3 is 3.00 bits per heavy atom. The first kappa shape index (κ1) is 16.0. The van der Waals surface area contributed by atoms with Crippen LogP contribution in [-0.2, 0) is 6.42 Å². The van der Waals surface area contributed by atoms with Crippen molar-refractivity contribution in [3.05, 3.63) is 22.3 Å². The zero-order chi connectivity index (χ0) is 16.4. The number of carbonyl (C=O) groups is 1. The third kappa shape index (κ3) is 3.57. The number of aryl methyl sites for hydroxylation is 1. The van der Waals surface area contributed by atoms with Gasteiger partial charge in [-0.3, -0.25) is 4.79 Å². The van der Waals surface area contributed by atoms with E-state index in [1.807, 2.05) is 11.8 Å². The van der Waals surface area contributed by atoms with Crippen LogP contribution in [0.1, 0.15) is 59.7 Å². The molecule has 8 heteroatoms. The number of hydrogen-bond acceptors (Lipinski definition) is 7. The van der Waals surface area contributed by atoms with Gasteiger partial charge in [-0.2, -0.15) is 4.98 Å². The molecule has 1 aliphatic heterocycles. The van der Waals surface area contributed by atoms with E-state index in [0.29, 0.717) is 28.9 Å². The average Bonchev–Trinajstić information content (AvgIpc) is 3.15. The summed E-state index contributed by atoms with van der Waals surface area (Å²) in [5, 5.41) is 7.98. The Balaban J connectivity index is 1.70. The van der Waals surface area contributed by atoms with Gasteiger partial charge in [0, 0.05) is 19.5 Å². The molecule has 7 nitrogen and oxygen atoms in total. The molecule has 23 heavy (non-hydrogen) atoms. The van der Waals surface area contributed by atoms with Gasteiger partial charge in [0.15, 0.2) is 5.82 Å². The molecule has 0 saturated carbocycles. The van der Waals surface area contributed by atoms with E-state index >= 15 is 0 Å². The van der Waals surface area contributed by atoms with Crippen LogP contribution in [0.4, 0.5) is 0 Å². The number of aromatic nitrogens is 4. The van der Waals surface area contributed by atoms with Gasteiger partial charge in [0.1, 0.15) is 4.88 Å². The highest BCUT2D eigenvalue weighted by Gasteiger charge is 2.30. The molecule has 1 aliphatic rings. The standard InChI is InChI=1S/C15H21N5O2S/c1-9(2)7-12-16-14(22-18-12)11-5-4-6-20(8-11)15(21)13-10(3)17-19-23-13/h9,11H,4-8H2,1-3H3/t11-/m1/s1. The minimum atomic E-state index is 0.00381. The van der Waals surface area contributed by atoms with Crippen molar-refractivity contribution in [3.63, 3.8) is 0 Å². The molecule has 3 heterocycles. The number of rotatable bonds is 4. The molecule has 0 radical (unpaired) electrons. The van der Waals surface area contributed by atoms with E-state index in [9.17, 15) is 4.79 Å². The molecule has 124 valence electrons. The van der Waals surface area contributed by atoms with Gasteiger partial charge in [0.2, 0.25) is 5.89 Å². The molecule has 1 fully saturated rings. The van der Waals surface area contributed by atoms with Crippen molar-refractivity contribution in [3.8, 4) is 0 Å². The lowest BCUT2D eigenvalue weighted by Crippen LogP contribution is -2.39. The van der Waals surface area contributed by atoms with E-state index < -0.39 is 0 Å². The highest BCUT2D eigenvalue weighted by Crippen LogP contribution is 2.27. The van der Waals surface area contributed by atoms with Crippen molar-refractivity contribution in [2.24, 2.45) is 5.92 Å². The van der Waals surface area contributed by atoms with Crippen LogP contribution >= 0.6 is 11.5 Å². The van der Waals surface area contributed by atoms with Crippen molar-refractivity contribution in [2.75, 3.05) is 13.1 Å². The number of piperidine rings is 1. The molecule has 0 unspecified atom stereocenters. The van der Waals surface area contributed by atoms with Gasteiger partial charge in [0.05, 0.1) is 11.6 Å². The van der Waals surface area contributed by atoms with Crippen molar-refractivity contribution < 1.29 is 9.32 Å². The second-order valence-corrected chi connectivity index (χ2v) is 7.18. The van der Waals surface area contributed by atoms with Crippen LogP contribution in [0.3, 0.4) is 0 Å². The van der Waals surface area contributed by atoms with Crippen LogP contribution in [0.5, 0.6) is 0 Å². The fraction of sp³-hybridized carbons (Fsp3) is 0.667. The molecule has 0 bridgehead atoms. The fourth-order valence-electron chi connectivity index (χ4n) is 2.82. The molecule has 1 saturated heterocycles. The van der Waals surface area contributed by atoms with Crippen molar-refractivity contribution in [2.45, 2.75) is 46.0 Å². The lowest BCUT2D eigenvalue weighted by atomic mass is 9.97. The normalized spacial score (nSPS) is 18.6. The van der Waals surface area contributed by atoms with E-state index in [-0.39, 0.29) is 11.8 Å². The minimum absolute atomic E-state index is 0.00381. The van der Waals surface area contributed by atoms with Crippen LogP contribution in [0.2, 0.25) is 0 Å². The topological polar surface area (TPSA) is 85.0 Å². The SMILES string of the molecule is Cc1nnsc1C(=O)N1CCC[C@@H](c2nc(CC(C)C)no2)C1. The summed E-state index contributed by atoms with van der Waals surface area (Å²) in [4.78, 5) is 19.6. The predicted octanol–water partition coefficient (Wildman–Crippen LogP) is 2.45. The smallest absolute Gasteiger partial charge is 0.267 e. The zero-order valence-corrected chi connectivity index (χ0v) is 14.5. The lowest BCUT2D eigenvalue weighted by molar-refractivity contribution is 0.0699. The first-order valence-corrected chi connectivity index (χ1v) is 8.72. The summed E-state index contributed by atoms with van der Waals surface area (Å²) in [5.74, 6) is 2.01. The van der Waals surface area contributed by atoms with Crippen LogP contribution in [0.25, 0.3) is 0 Å². The third-order valence-corrected chi connectivity index (χ3v) is 4.79. The summed E-state index contributed by atoms with van der Waals surface area (Å²) >= 11 is 1.16. The monoisotopic (exact) mass is 335 g/mol. The molecule has 2 aromatic rings. The summed E-state index contributed by atoms with van der Waals surface area (Å²) in [6.07, 6.45) is 2.71. The summed E-state index contributed by atoms with van der Waals surface area (Å²) in [7, 11) is 0. The van der Waals surface area contributed by atoms with Gasteiger partial charge in [-0.05, 0) is 37.2 Å². The number of amides is 1. The first-order chi connectivity index (χ1) is 11.0. The Bertz CT molecular complexity index is 681. The Morgan fingerprint density at radius 1 is 1.48 bits per heavy atom. The Labute approximate surface area is 139 Å². The Kier molecular flexibility index (Phi) is 4.70. The highest BCUT2D eigenvalue weighted by molar-refractivity contribution is 7.07. The molecule has 1 atom stereocenters. The summed E-state index contributed by atoms with van der Waals surface area (Å²) in [6, 6.07) is 0. The van der Waals surface area contributed by atoms with Crippen molar-refractivity contribution in [1.29, 1.82) is 0 Å². The molecule has 0 N–H and O–H groups in total. The van der Waals surface area contributed by atoms with Gasteiger partial charge in [-0.1, -0.05) is 23.5 Å². The maximum absolute atomic E-state index is 12.6. The minimum Gasteiger partial charge on any atom is -0.339 e. The largest absolute Gasteiger partial charge is 0.339 e. The predicted molar refractivity (Wildman–Crippen MR) is 85.4 cm³/mol. The summed E-state index contributed by atoms with van der Waals surface area (Å²) < 4.78 is 9.28. The van der Waals surface area contributed by atoms with Crippen molar-refractivity contribution in [1.82, 2.24) is 24.6 Å². The van der Waals surface area contributed by atoms with E-state index in [1.165, 1.54) is 0 Å². The molecule has 2 aromatic heterocycles. The van der Waals surface area contributed by atoms with Crippen LogP contribution in [0, 0.1) is 12.8 Å². The van der Waals surface area contributed by atoms with E-state index in [2.05, 4.69) is 33.6 Å². The van der Waals surface area contributed by atoms with Crippen LogP contribution < -0.4 is 0 Å². The quantitative estimate of drug-likeness (QED) is 0.853. The Morgan fingerprint density at radius 2 is 2.30 bits per heavy atom. The second-order valence-electron chi connectivity index (χ2n) is 6.42. The molecule has 0 spiro atoms. The van der Waals surface area contributed by atoms with Gasteiger partial charge < -0.3 is 9.42 Å². The van der Waals surface area contributed by atoms with Gasteiger partial charge >= 0.3 is 0 Å². The van der Waals surface area contributed by atoms with E-state index in [1.54, 1.807) is 0 Å². The van der Waals surface area contributed by atoms with Crippen LogP contribution in [0.15, 0.2) is 4.52 Å². The molecule has 3 rings (SSSR count). The molecule has 0 aromatic carbocycles. The lowest BCUT2D eigenvalue weighted by Gasteiger charge is -2.30. The second kappa shape index (κ2) is 6.74. The number of likely N-dealkylation sites (tertiary alicyclic amines) is 1. The van der Waals surface area contributed by atoms with E-state index in [0.717, 1.165) is 43.2 Å². The summed E-state index contributed by atoms with van der Waals surface area (Å²) in [6.45, 7) is 7.43. The third-order valence-electron chi connectivity index (χ3n) is 3.98. The fourth-order valence-corrected chi connectivity index (χ4v) is 3.44. The van der Waals surface area contributed by atoms with Gasteiger partial charge in [-0.15, -0.1) is 5.10 Å². The molecular formula is C15H21N5O2S. The molecule has 0 aliphatic carbocycles. The molecule has 1 amide bonds. The number of hydrogen-bond donors (Lipinski definition) is 0. The number of nitrogens with zero attached hydrogens (tertiary/aromatic N) is 5. The molecular weight excluding hydrogens is 314 g/mol.